The van der Waals surface area contributed by atoms with Gasteiger partial charge in [0.25, 0.3) is 5.91 Å². The lowest BCUT2D eigenvalue weighted by molar-refractivity contribution is 0.0956. The van der Waals surface area contributed by atoms with Crippen LogP contribution in [0.3, 0.4) is 0 Å². The van der Waals surface area contributed by atoms with Crippen LogP contribution < -0.4 is 10.6 Å². The fourth-order valence-electron chi connectivity index (χ4n) is 3.38. The molecule has 112 valence electrons. The van der Waals surface area contributed by atoms with Gasteiger partial charge < -0.3 is 15.2 Å². The van der Waals surface area contributed by atoms with E-state index in [1.54, 1.807) is 0 Å². The summed E-state index contributed by atoms with van der Waals surface area (Å²) in [5.41, 5.74) is 2.72. The first-order valence-electron chi connectivity index (χ1n) is 7.32. The first-order valence-corrected chi connectivity index (χ1v) is 7.32. The molecule has 0 atom stereocenters. The van der Waals surface area contributed by atoms with E-state index >= 15 is 0 Å². The van der Waals surface area contributed by atoms with Crippen LogP contribution >= 0.6 is 12.4 Å². The molecule has 2 aliphatic rings. The Labute approximate surface area is 129 Å². The van der Waals surface area contributed by atoms with E-state index in [1.165, 1.54) is 0 Å². The van der Waals surface area contributed by atoms with Crippen LogP contribution in [-0.2, 0) is 6.54 Å². The fourth-order valence-corrected chi connectivity index (χ4v) is 3.38. The Morgan fingerprint density at radius 1 is 1.19 bits per heavy atom. The van der Waals surface area contributed by atoms with Gasteiger partial charge in [0.2, 0.25) is 0 Å². The predicted molar refractivity (Wildman–Crippen MR) is 84.2 cm³/mol. The Hall–Kier alpha value is -1.59. The van der Waals surface area contributed by atoms with E-state index in [-0.39, 0.29) is 18.3 Å². The van der Waals surface area contributed by atoms with Crippen LogP contribution in [0.4, 0.5) is 0 Å². The summed E-state index contributed by atoms with van der Waals surface area (Å²) in [4.78, 5) is 17.0. The normalized spacial score (nSPS) is 19.0. The minimum absolute atomic E-state index is 0. The van der Waals surface area contributed by atoms with Crippen LogP contribution in [0.2, 0.25) is 0 Å². The van der Waals surface area contributed by atoms with E-state index in [0.717, 1.165) is 54.9 Å². The SMILES string of the molecule is Cl.O=C1NCCn2c(C3CCNCC3)nc3cccc1c32. The molecule has 3 heterocycles. The number of piperidine rings is 1. The first kappa shape index (κ1) is 14.4. The molecule has 1 fully saturated rings. The van der Waals surface area contributed by atoms with E-state index < -0.39 is 0 Å². The predicted octanol–water partition coefficient (Wildman–Crippen LogP) is 1.67. The van der Waals surface area contributed by atoms with Gasteiger partial charge in [-0.15, -0.1) is 12.4 Å². The lowest BCUT2D eigenvalue weighted by Crippen LogP contribution is -2.29. The molecule has 0 spiro atoms. The standard InChI is InChI=1S/C15H18N4O.ClH/c20-15-11-2-1-3-12-13(11)19(9-8-17-15)14(18-12)10-4-6-16-7-5-10;/h1-3,10,16H,4-9H2,(H,17,20);1H. The van der Waals surface area contributed by atoms with Crippen molar-refractivity contribution in [2.75, 3.05) is 19.6 Å². The second-order valence-electron chi connectivity index (χ2n) is 5.58. The van der Waals surface area contributed by atoms with Crippen LogP contribution in [0.1, 0.15) is 34.9 Å². The van der Waals surface area contributed by atoms with Crippen molar-refractivity contribution in [1.29, 1.82) is 0 Å². The molecule has 2 N–H and O–H groups in total. The highest BCUT2D eigenvalue weighted by Gasteiger charge is 2.26. The maximum absolute atomic E-state index is 12.1. The van der Waals surface area contributed by atoms with Crippen molar-refractivity contribution in [1.82, 2.24) is 20.2 Å². The summed E-state index contributed by atoms with van der Waals surface area (Å²) in [6.45, 7) is 3.60. The Kier molecular flexibility index (Phi) is 3.87. The summed E-state index contributed by atoms with van der Waals surface area (Å²) in [5, 5.41) is 6.36. The maximum Gasteiger partial charge on any atom is 0.253 e. The Morgan fingerprint density at radius 3 is 2.81 bits per heavy atom. The quantitative estimate of drug-likeness (QED) is 0.842. The Bertz CT molecular complexity index is 676. The lowest BCUT2D eigenvalue weighted by atomic mass is 9.97. The second-order valence-corrected chi connectivity index (χ2v) is 5.58. The van der Waals surface area contributed by atoms with Crippen LogP contribution in [0, 0.1) is 0 Å². The maximum atomic E-state index is 12.1. The monoisotopic (exact) mass is 306 g/mol. The number of nitrogens with one attached hydrogen (secondary N) is 2. The van der Waals surface area contributed by atoms with E-state index in [1.807, 2.05) is 18.2 Å². The minimum Gasteiger partial charge on any atom is -0.350 e. The summed E-state index contributed by atoms with van der Waals surface area (Å²) in [6, 6.07) is 5.83. The molecule has 1 amide bonds. The largest absolute Gasteiger partial charge is 0.350 e. The van der Waals surface area contributed by atoms with Crippen molar-refractivity contribution in [2.45, 2.75) is 25.3 Å². The Morgan fingerprint density at radius 2 is 2.00 bits per heavy atom. The summed E-state index contributed by atoms with van der Waals surface area (Å²) < 4.78 is 2.26. The number of hydrogen-bond donors (Lipinski definition) is 2. The third-order valence-corrected chi connectivity index (χ3v) is 4.37. The molecule has 1 saturated heterocycles. The summed E-state index contributed by atoms with van der Waals surface area (Å²) in [7, 11) is 0. The highest BCUT2D eigenvalue weighted by atomic mass is 35.5. The molecule has 0 bridgehead atoms. The second kappa shape index (κ2) is 5.66. The molecule has 0 unspecified atom stereocenters. The smallest absolute Gasteiger partial charge is 0.253 e. The van der Waals surface area contributed by atoms with Gasteiger partial charge in [-0.05, 0) is 38.1 Å². The molecule has 1 aromatic carbocycles. The van der Waals surface area contributed by atoms with Crippen LogP contribution in [-0.4, -0.2) is 35.1 Å². The summed E-state index contributed by atoms with van der Waals surface area (Å²) >= 11 is 0. The van der Waals surface area contributed by atoms with Crippen molar-refractivity contribution in [3.05, 3.63) is 29.6 Å². The molecule has 2 aromatic rings. The van der Waals surface area contributed by atoms with Gasteiger partial charge in [0.1, 0.15) is 5.82 Å². The van der Waals surface area contributed by atoms with Gasteiger partial charge in [-0.1, -0.05) is 6.07 Å². The number of halogens is 1. The molecule has 0 aliphatic carbocycles. The number of aromatic nitrogens is 2. The molecule has 0 saturated carbocycles. The number of carbonyl (C=O) groups is 1. The molecule has 2 aliphatic heterocycles. The highest BCUT2D eigenvalue weighted by molar-refractivity contribution is 6.05. The van der Waals surface area contributed by atoms with Gasteiger partial charge in [0.05, 0.1) is 16.6 Å². The van der Waals surface area contributed by atoms with Gasteiger partial charge in [-0.3, -0.25) is 4.79 Å². The molecule has 21 heavy (non-hydrogen) atoms. The number of rotatable bonds is 1. The molecular weight excluding hydrogens is 288 g/mol. The van der Waals surface area contributed by atoms with Crippen LogP contribution in [0.15, 0.2) is 18.2 Å². The zero-order valence-corrected chi connectivity index (χ0v) is 12.6. The zero-order chi connectivity index (χ0) is 13.5. The number of amides is 1. The summed E-state index contributed by atoms with van der Waals surface area (Å²) in [5.74, 6) is 1.68. The van der Waals surface area contributed by atoms with E-state index in [2.05, 4.69) is 15.2 Å². The average molecular weight is 307 g/mol. The van der Waals surface area contributed by atoms with Crippen molar-refractivity contribution < 1.29 is 4.79 Å². The number of carbonyl (C=O) groups excluding carboxylic acids is 1. The van der Waals surface area contributed by atoms with Crippen molar-refractivity contribution in [3.8, 4) is 0 Å². The van der Waals surface area contributed by atoms with Gasteiger partial charge in [-0.25, -0.2) is 4.98 Å². The van der Waals surface area contributed by atoms with Gasteiger partial charge >= 0.3 is 0 Å². The Balaban J connectivity index is 0.00000132. The number of hydrogen-bond acceptors (Lipinski definition) is 3. The fraction of sp³-hybridized carbons (Fsp3) is 0.467. The number of imidazole rings is 1. The van der Waals surface area contributed by atoms with E-state index in [0.29, 0.717) is 12.5 Å². The molecule has 5 nitrogen and oxygen atoms in total. The molecule has 0 radical (unpaired) electrons. The minimum atomic E-state index is 0. The number of benzene rings is 1. The third kappa shape index (κ3) is 2.30. The van der Waals surface area contributed by atoms with Gasteiger partial charge in [0, 0.05) is 19.0 Å². The molecule has 1 aromatic heterocycles. The van der Waals surface area contributed by atoms with E-state index in [4.69, 9.17) is 4.98 Å². The first-order chi connectivity index (χ1) is 9.84. The molecule has 4 rings (SSSR count). The van der Waals surface area contributed by atoms with Crippen LogP contribution in [0.5, 0.6) is 0 Å². The van der Waals surface area contributed by atoms with Gasteiger partial charge in [-0.2, -0.15) is 0 Å². The van der Waals surface area contributed by atoms with Crippen LogP contribution in [0.25, 0.3) is 11.0 Å². The topological polar surface area (TPSA) is 59.0 Å². The molecular formula is C15H19ClN4O. The highest BCUT2D eigenvalue weighted by Crippen LogP contribution is 2.30. The van der Waals surface area contributed by atoms with Gasteiger partial charge in [0.15, 0.2) is 0 Å². The average Bonchev–Trinajstić information content (AvgIpc) is 2.78. The number of nitrogens with zero attached hydrogens (tertiary/aromatic N) is 2. The zero-order valence-electron chi connectivity index (χ0n) is 11.8. The number of para-hydroxylation sites is 1. The third-order valence-electron chi connectivity index (χ3n) is 4.37. The van der Waals surface area contributed by atoms with Crippen molar-refractivity contribution >= 4 is 29.3 Å². The molecule has 6 heteroatoms. The van der Waals surface area contributed by atoms with Crippen molar-refractivity contribution in [3.63, 3.8) is 0 Å². The lowest BCUT2D eigenvalue weighted by Gasteiger charge is -2.23. The summed E-state index contributed by atoms with van der Waals surface area (Å²) in [6.07, 6.45) is 2.25. The van der Waals surface area contributed by atoms with Crippen molar-refractivity contribution in [2.24, 2.45) is 0 Å². The van der Waals surface area contributed by atoms with E-state index in [9.17, 15) is 4.79 Å².